The van der Waals surface area contributed by atoms with Crippen molar-refractivity contribution in [2.24, 2.45) is 0 Å². The van der Waals surface area contributed by atoms with Crippen LogP contribution >= 0.6 is 0 Å². The summed E-state index contributed by atoms with van der Waals surface area (Å²) in [5.74, 6) is 0.876. The van der Waals surface area contributed by atoms with E-state index in [1.54, 1.807) is 24.9 Å². The van der Waals surface area contributed by atoms with Gasteiger partial charge in [-0.2, -0.15) is 0 Å². The van der Waals surface area contributed by atoms with E-state index in [1.165, 1.54) is 0 Å². The first-order chi connectivity index (χ1) is 8.43. The van der Waals surface area contributed by atoms with Crippen molar-refractivity contribution in [2.75, 3.05) is 0 Å². The van der Waals surface area contributed by atoms with Crippen molar-refractivity contribution in [1.29, 1.82) is 0 Å². The molecule has 17 heavy (non-hydrogen) atoms. The molecular weight excluding hydrogens is 216 g/mol. The summed E-state index contributed by atoms with van der Waals surface area (Å²) in [7, 11) is 0. The number of pyridine rings is 1. The summed E-state index contributed by atoms with van der Waals surface area (Å²) in [5, 5.41) is 3.89. The number of aromatic nitrogens is 4. The molecule has 0 unspecified atom stereocenters. The summed E-state index contributed by atoms with van der Waals surface area (Å²) in [5.41, 5.74) is 1.86. The van der Waals surface area contributed by atoms with E-state index >= 15 is 0 Å². The third-order valence-corrected chi connectivity index (χ3v) is 2.46. The van der Waals surface area contributed by atoms with Gasteiger partial charge in [-0.3, -0.25) is 4.98 Å². The largest absolute Gasteiger partial charge is 0.364 e. The third-order valence-electron chi connectivity index (χ3n) is 2.46. The Bertz CT molecular complexity index is 586. The van der Waals surface area contributed by atoms with Crippen LogP contribution in [0.4, 0.5) is 0 Å². The maximum atomic E-state index is 4.81. The number of hydrogen-bond acceptors (Lipinski definition) is 4. The Hall–Kier alpha value is -2.43. The van der Waals surface area contributed by atoms with Crippen molar-refractivity contribution in [3.63, 3.8) is 0 Å². The van der Waals surface area contributed by atoms with Gasteiger partial charge in [0.15, 0.2) is 0 Å². The summed E-state index contributed by atoms with van der Waals surface area (Å²) in [6.07, 6.45) is 8.78. The van der Waals surface area contributed by atoms with Crippen LogP contribution < -0.4 is 0 Å². The van der Waals surface area contributed by atoms with Crippen molar-refractivity contribution >= 4 is 0 Å². The van der Waals surface area contributed by atoms with Gasteiger partial charge in [0.05, 0.1) is 6.54 Å². The van der Waals surface area contributed by atoms with Gasteiger partial charge in [-0.05, 0) is 12.1 Å². The van der Waals surface area contributed by atoms with Crippen molar-refractivity contribution in [2.45, 2.75) is 6.54 Å². The molecule has 0 aliphatic rings. The van der Waals surface area contributed by atoms with Crippen molar-refractivity contribution < 1.29 is 4.52 Å². The first-order valence-electron chi connectivity index (χ1n) is 5.24. The van der Waals surface area contributed by atoms with E-state index in [9.17, 15) is 0 Å². The zero-order valence-corrected chi connectivity index (χ0v) is 9.02. The van der Waals surface area contributed by atoms with E-state index in [0.29, 0.717) is 6.54 Å². The van der Waals surface area contributed by atoms with Gasteiger partial charge >= 0.3 is 0 Å². The van der Waals surface area contributed by atoms with E-state index in [-0.39, 0.29) is 0 Å². The molecule has 0 aliphatic carbocycles. The summed E-state index contributed by atoms with van der Waals surface area (Å²) in [6.45, 7) is 0.640. The summed E-state index contributed by atoms with van der Waals surface area (Å²) < 4.78 is 6.82. The predicted molar refractivity (Wildman–Crippen MR) is 61.1 cm³/mol. The molecule has 0 spiro atoms. The van der Waals surface area contributed by atoms with Crippen LogP contribution in [0.2, 0.25) is 0 Å². The topological polar surface area (TPSA) is 56.7 Å². The molecule has 0 aliphatic heterocycles. The van der Waals surface area contributed by atoms with Gasteiger partial charge in [0.25, 0.3) is 0 Å². The predicted octanol–water partition coefficient (Wildman–Crippen LogP) is 1.98. The van der Waals surface area contributed by atoms with Crippen LogP contribution in [0.25, 0.3) is 11.4 Å². The quantitative estimate of drug-likeness (QED) is 0.685. The fourth-order valence-corrected chi connectivity index (χ4v) is 1.69. The van der Waals surface area contributed by atoms with Crippen molar-refractivity contribution in [3.8, 4) is 11.4 Å². The van der Waals surface area contributed by atoms with Gasteiger partial charge < -0.3 is 9.09 Å². The van der Waals surface area contributed by atoms with Crippen LogP contribution in [-0.2, 0) is 6.54 Å². The summed E-state index contributed by atoms with van der Waals surface area (Å²) in [6, 6.07) is 5.71. The third kappa shape index (κ3) is 1.94. The van der Waals surface area contributed by atoms with E-state index in [1.807, 2.05) is 29.0 Å². The number of hydrogen-bond donors (Lipinski definition) is 0. The lowest BCUT2D eigenvalue weighted by Gasteiger charge is -2.04. The van der Waals surface area contributed by atoms with Crippen LogP contribution in [0.3, 0.4) is 0 Å². The molecule has 0 radical (unpaired) electrons. The zero-order chi connectivity index (χ0) is 11.5. The Morgan fingerprint density at radius 1 is 1.24 bits per heavy atom. The smallest absolute Gasteiger partial charge is 0.141 e. The van der Waals surface area contributed by atoms with Gasteiger partial charge in [0.2, 0.25) is 0 Å². The Labute approximate surface area is 97.7 Å². The first kappa shape index (κ1) is 9.77. The molecule has 3 heterocycles. The second-order valence-electron chi connectivity index (χ2n) is 3.61. The lowest BCUT2D eigenvalue weighted by molar-refractivity contribution is 0.410. The SMILES string of the molecule is c1cncc(-c2nccn2Cc2ccon2)c1. The minimum absolute atomic E-state index is 0.640. The molecule has 3 rings (SSSR count). The maximum Gasteiger partial charge on any atom is 0.141 e. The second-order valence-corrected chi connectivity index (χ2v) is 3.61. The highest BCUT2D eigenvalue weighted by molar-refractivity contribution is 5.53. The van der Waals surface area contributed by atoms with E-state index in [2.05, 4.69) is 15.1 Å². The van der Waals surface area contributed by atoms with Crippen LogP contribution in [-0.4, -0.2) is 19.7 Å². The first-order valence-corrected chi connectivity index (χ1v) is 5.24. The maximum absolute atomic E-state index is 4.81. The average Bonchev–Trinajstić information content (AvgIpc) is 3.02. The molecule has 84 valence electrons. The minimum atomic E-state index is 0.640. The molecule has 0 aromatic carbocycles. The van der Waals surface area contributed by atoms with Gasteiger partial charge in [-0.1, -0.05) is 5.16 Å². The minimum Gasteiger partial charge on any atom is -0.364 e. The lowest BCUT2D eigenvalue weighted by Crippen LogP contribution is -2.01. The second kappa shape index (κ2) is 4.21. The Morgan fingerprint density at radius 3 is 3.00 bits per heavy atom. The van der Waals surface area contributed by atoms with Gasteiger partial charge in [0, 0.05) is 36.4 Å². The Balaban J connectivity index is 1.95. The summed E-state index contributed by atoms with van der Waals surface area (Å²) in [4.78, 5) is 8.42. The van der Waals surface area contributed by atoms with Crippen molar-refractivity contribution in [1.82, 2.24) is 19.7 Å². The van der Waals surface area contributed by atoms with Crippen LogP contribution in [0.15, 0.2) is 53.8 Å². The average molecular weight is 226 g/mol. The van der Waals surface area contributed by atoms with E-state index in [4.69, 9.17) is 4.52 Å². The van der Waals surface area contributed by atoms with Crippen LogP contribution in [0, 0.1) is 0 Å². The fourth-order valence-electron chi connectivity index (χ4n) is 1.69. The highest BCUT2D eigenvalue weighted by atomic mass is 16.5. The van der Waals surface area contributed by atoms with Crippen molar-refractivity contribution in [3.05, 3.63) is 54.9 Å². The molecule has 0 amide bonds. The lowest BCUT2D eigenvalue weighted by atomic mass is 10.2. The van der Waals surface area contributed by atoms with Crippen LogP contribution in [0.1, 0.15) is 5.69 Å². The molecule has 5 heteroatoms. The van der Waals surface area contributed by atoms with Gasteiger partial charge in [-0.25, -0.2) is 4.98 Å². The number of nitrogens with zero attached hydrogens (tertiary/aromatic N) is 4. The molecule has 0 saturated carbocycles. The Kier molecular flexibility index (Phi) is 2.42. The fraction of sp³-hybridized carbons (Fsp3) is 0.0833. The summed E-state index contributed by atoms with van der Waals surface area (Å²) >= 11 is 0. The normalized spacial score (nSPS) is 10.6. The standard InChI is InChI=1S/C12H10N4O/c1-2-10(8-13-4-1)12-14-5-6-16(12)9-11-3-7-17-15-11/h1-8H,9H2. The molecule has 0 bridgehead atoms. The number of imidazole rings is 1. The zero-order valence-electron chi connectivity index (χ0n) is 9.02. The molecule has 0 atom stereocenters. The molecule has 3 aromatic rings. The van der Waals surface area contributed by atoms with E-state index in [0.717, 1.165) is 17.1 Å². The molecule has 5 nitrogen and oxygen atoms in total. The highest BCUT2D eigenvalue weighted by Crippen LogP contribution is 2.16. The van der Waals surface area contributed by atoms with Gasteiger partial charge in [-0.15, -0.1) is 0 Å². The highest BCUT2D eigenvalue weighted by Gasteiger charge is 2.07. The molecule has 0 fully saturated rings. The van der Waals surface area contributed by atoms with E-state index < -0.39 is 0 Å². The monoisotopic (exact) mass is 226 g/mol. The van der Waals surface area contributed by atoms with Gasteiger partial charge in [0.1, 0.15) is 17.8 Å². The molecule has 0 saturated heterocycles. The number of rotatable bonds is 3. The molecule has 0 N–H and O–H groups in total. The molecule has 3 aromatic heterocycles. The Morgan fingerprint density at radius 2 is 2.24 bits per heavy atom. The van der Waals surface area contributed by atoms with Crippen LogP contribution in [0.5, 0.6) is 0 Å². The molecular formula is C12H10N4O.